The van der Waals surface area contributed by atoms with Crippen molar-refractivity contribution >= 4 is 11.6 Å². The molecule has 0 spiro atoms. The lowest BCUT2D eigenvalue weighted by Gasteiger charge is -2.56. The van der Waals surface area contributed by atoms with Crippen molar-refractivity contribution in [1.82, 2.24) is 0 Å². The van der Waals surface area contributed by atoms with E-state index >= 15 is 0 Å². The van der Waals surface area contributed by atoms with Gasteiger partial charge in [0.05, 0.1) is 0 Å². The second-order valence-electron chi connectivity index (χ2n) is 8.65. The van der Waals surface area contributed by atoms with Gasteiger partial charge in [-0.15, -0.1) is 0 Å². The standard InChI is InChI=1S/C21H26O4/c1-20-9-7-13(22)11-12(20)3-4-14-15-5-6-17(18(23)19(24)25)21(15,2)10-8-16(14)20/h6-7,9,11,14-16,19,24-25H,3-5,8,10H2,1-2H3/t14-,15-,16-,20-,21-/m0/s1. The number of fused-ring (bicyclic) bond motifs is 5. The van der Waals surface area contributed by atoms with Crippen LogP contribution in [0.1, 0.15) is 46.0 Å². The molecule has 4 heteroatoms. The summed E-state index contributed by atoms with van der Waals surface area (Å²) >= 11 is 0. The number of aliphatic hydroxyl groups excluding tert-OH is 1. The molecular weight excluding hydrogens is 316 g/mol. The van der Waals surface area contributed by atoms with Gasteiger partial charge in [-0.3, -0.25) is 9.59 Å². The van der Waals surface area contributed by atoms with Crippen LogP contribution in [0.5, 0.6) is 0 Å². The van der Waals surface area contributed by atoms with E-state index < -0.39 is 12.1 Å². The fraction of sp³-hybridized carbons (Fsp3) is 0.619. The van der Waals surface area contributed by atoms with Crippen molar-refractivity contribution in [3.63, 3.8) is 0 Å². The Morgan fingerprint density at radius 2 is 2.00 bits per heavy atom. The Labute approximate surface area is 148 Å². The van der Waals surface area contributed by atoms with Crippen LogP contribution in [0, 0.1) is 28.6 Å². The molecule has 0 heterocycles. The van der Waals surface area contributed by atoms with Gasteiger partial charge in [0, 0.05) is 11.0 Å². The number of hydrogen-bond donors (Lipinski definition) is 2. The van der Waals surface area contributed by atoms with E-state index in [9.17, 15) is 19.8 Å². The van der Waals surface area contributed by atoms with Crippen LogP contribution >= 0.6 is 0 Å². The van der Waals surface area contributed by atoms with Gasteiger partial charge in [0.15, 0.2) is 5.78 Å². The molecule has 134 valence electrons. The van der Waals surface area contributed by atoms with Gasteiger partial charge >= 0.3 is 0 Å². The maximum Gasteiger partial charge on any atom is 0.217 e. The van der Waals surface area contributed by atoms with Crippen molar-refractivity contribution in [2.24, 2.45) is 28.6 Å². The number of carbonyl (C=O) groups is 2. The number of rotatable bonds is 2. The van der Waals surface area contributed by atoms with Crippen molar-refractivity contribution in [2.75, 3.05) is 0 Å². The molecule has 0 bridgehead atoms. The second kappa shape index (κ2) is 5.49. The van der Waals surface area contributed by atoms with Gasteiger partial charge in [-0.25, -0.2) is 0 Å². The molecule has 0 aromatic carbocycles. The highest BCUT2D eigenvalue weighted by Gasteiger charge is 2.57. The second-order valence-corrected chi connectivity index (χ2v) is 8.65. The van der Waals surface area contributed by atoms with Gasteiger partial charge in [0.25, 0.3) is 0 Å². The summed E-state index contributed by atoms with van der Waals surface area (Å²) in [6, 6.07) is 0. The molecule has 0 aromatic heterocycles. The van der Waals surface area contributed by atoms with Crippen LogP contribution in [-0.4, -0.2) is 28.1 Å². The van der Waals surface area contributed by atoms with E-state index in [1.807, 2.05) is 12.2 Å². The summed E-state index contributed by atoms with van der Waals surface area (Å²) in [5.41, 5.74) is 1.57. The van der Waals surface area contributed by atoms with Crippen molar-refractivity contribution in [2.45, 2.75) is 52.2 Å². The maximum absolute atomic E-state index is 12.3. The average molecular weight is 342 g/mol. The van der Waals surface area contributed by atoms with Crippen LogP contribution in [0.15, 0.2) is 35.5 Å². The molecule has 5 atom stereocenters. The molecule has 0 amide bonds. The summed E-state index contributed by atoms with van der Waals surface area (Å²) in [5, 5.41) is 18.7. The molecular formula is C21H26O4. The molecule has 25 heavy (non-hydrogen) atoms. The third-order valence-corrected chi connectivity index (χ3v) is 7.64. The lowest BCUT2D eigenvalue weighted by molar-refractivity contribution is -0.142. The third kappa shape index (κ3) is 2.27. The van der Waals surface area contributed by atoms with Crippen LogP contribution < -0.4 is 0 Å². The molecule has 0 unspecified atom stereocenters. The summed E-state index contributed by atoms with van der Waals surface area (Å²) in [7, 11) is 0. The number of ketones is 2. The molecule has 2 fully saturated rings. The Kier molecular flexibility index (Phi) is 3.71. The first-order valence-corrected chi connectivity index (χ1v) is 9.32. The zero-order valence-corrected chi connectivity index (χ0v) is 14.9. The summed E-state index contributed by atoms with van der Waals surface area (Å²) < 4.78 is 0. The van der Waals surface area contributed by atoms with Crippen molar-refractivity contribution in [3.05, 3.63) is 35.5 Å². The zero-order chi connectivity index (χ0) is 18.0. The number of hydrogen-bond acceptors (Lipinski definition) is 4. The Bertz CT molecular complexity index is 728. The van der Waals surface area contributed by atoms with Gasteiger partial charge in [0.1, 0.15) is 0 Å². The van der Waals surface area contributed by atoms with E-state index in [-0.39, 0.29) is 16.6 Å². The summed E-state index contributed by atoms with van der Waals surface area (Å²) in [6.07, 6.45) is 10.4. The highest BCUT2D eigenvalue weighted by Crippen LogP contribution is 2.64. The van der Waals surface area contributed by atoms with Gasteiger partial charge in [-0.05, 0) is 67.4 Å². The summed E-state index contributed by atoms with van der Waals surface area (Å²) in [4.78, 5) is 24.0. The smallest absolute Gasteiger partial charge is 0.217 e. The molecule has 0 aromatic rings. The zero-order valence-electron chi connectivity index (χ0n) is 14.9. The Hall–Kier alpha value is -1.52. The predicted molar refractivity (Wildman–Crippen MR) is 93.3 cm³/mol. The van der Waals surface area contributed by atoms with Gasteiger partial charge in [0.2, 0.25) is 12.1 Å². The Balaban J connectivity index is 1.66. The van der Waals surface area contributed by atoms with E-state index in [0.717, 1.165) is 32.1 Å². The fourth-order valence-electron chi connectivity index (χ4n) is 6.29. The van der Waals surface area contributed by atoms with E-state index in [2.05, 4.69) is 19.9 Å². The highest BCUT2D eigenvalue weighted by atomic mass is 16.5. The van der Waals surface area contributed by atoms with Crippen LogP contribution in [0.4, 0.5) is 0 Å². The van der Waals surface area contributed by atoms with Crippen LogP contribution in [0.3, 0.4) is 0 Å². The van der Waals surface area contributed by atoms with E-state index in [1.54, 1.807) is 6.08 Å². The van der Waals surface area contributed by atoms with Gasteiger partial charge in [-0.1, -0.05) is 31.6 Å². The number of carbonyl (C=O) groups excluding carboxylic acids is 2. The molecule has 4 aliphatic rings. The Morgan fingerprint density at radius 3 is 2.72 bits per heavy atom. The highest BCUT2D eigenvalue weighted by molar-refractivity contribution is 6.01. The van der Waals surface area contributed by atoms with Crippen molar-refractivity contribution in [3.8, 4) is 0 Å². The van der Waals surface area contributed by atoms with Gasteiger partial charge in [-0.2, -0.15) is 0 Å². The summed E-state index contributed by atoms with van der Waals surface area (Å²) in [5.74, 6) is 0.912. The minimum atomic E-state index is -1.91. The first-order chi connectivity index (χ1) is 11.8. The normalized spacial score (nSPS) is 42.4. The molecule has 4 aliphatic carbocycles. The third-order valence-electron chi connectivity index (χ3n) is 7.64. The SMILES string of the molecule is C[C@]12C=CC(=O)C=C1CC[C@@H]1[C@@H]2CC[C@]2(C)C(C(=O)C(O)O)=CC[C@@H]12. The van der Waals surface area contributed by atoms with Crippen molar-refractivity contribution < 1.29 is 19.8 Å². The monoisotopic (exact) mass is 342 g/mol. The van der Waals surface area contributed by atoms with Crippen LogP contribution in [-0.2, 0) is 9.59 Å². The molecule has 0 aliphatic heterocycles. The van der Waals surface area contributed by atoms with E-state index in [4.69, 9.17) is 0 Å². The minimum absolute atomic E-state index is 0.0542. The molecule has 2 saturated carbocycles. The fourth-order valence-corrected chi connectivity index (χ4v) is 6.29. The molecule has 2 N–H and O–H groups in total. The van der Waals surface area contributed by atoms with E-state index in [0.29, 0.717) is 23.3 Å². The predicted octanol–water partition coefficient (Wildman–Crippen LogP) is 2.71. The first kappa shape index (κ1) is 16.9. The minimum Gasteiger partial charge on any atom is -0.362 e. The molecule has 4 rings (SSSR count). The molecule has 4 nitrogen and oxygen atoms in total. The van der Waals surface area contributed by atoms with Crippen LogP contribution in [0.2, 0.25) is 0 Å². The van der Waals surface area contributed by atoms with Crippen molar-refractivity contribution in [1.29, 1.82) is 0 Å². The quantitative estimate of drug-likeness (QED) is 0.757. The number of aliphatic hydroxyl groups is 2. The molecule has 0 saturated heterocycles. The molecule has 0 radical (unpaired) electrons. The topological polar surface area (TPSA) is 74.6 Å². The largest absolute Gasteiger partial charge is 0.362 e. The van der Waals surface area contributed by atoms with E-state index in [1.165, 1.54) is 5.57 Å². The van der Waals surface area contributed by atoms with Crippen LogP contribution in [0.25, 0.3) is 0 Å². The lowest BCUT2D eigenvalue weighted by Crippen LogP contribution is -2.50. The average Bonchev–Trinajstić information content (AvgIpc) is 2.92. The summed E-state index contributed by atoms with van der Waals surface area (Å²) in [6.45, 7) is 4.38. The first-order valence-electron chi connectivity index (χ1n) is 9.32. The maximum atomic E-state index is 12.3. The Morgan fingerprint density at radius 1 is 1.24 bits per heavy atom. The number of Topliss-reactive ketones (excluding diaryl/α,β-unsaturated/α-hetero) is 1. The van der Waals surface area contributed by atoms with Gasteiger partial charge < -0.3 is 10.2 Å². The number of allylic oxidation sites excluding steroid dienone is 5. The lowest BCUT2D eigenvalue weighted by atomic mass is 9.47.